The summed E-state index contributed by atoms with van der Waals surface area (Å²) >= 11 is 0. The zero-order chi connectivity index (χ0) is 17.7. The third-order valence-corrected chi connectivity index (χ3v) is 3.72. The van der Waals surface area contributed by atoms with Gasteiger partial charge < -0.3 is 20.2 Å². The highest BCUT2D eigenvalue weighted by Gasteiger charge is 2.12. The minimum atomic E-state index is -0.286. The molecule has 2 aromatic carbocycles. The molecule has 0 unspecified atom stereocenters. The molecule has 0 saturated heterocycles. The summed E-state index contributed by atoms with van der Waals surface area (Å²) in [5, 5.41) is 12.5. The van der Waals surface area contributed by atoms with Crippen molar-refractivity contribution in [3.8, 4) is 5.75 Å². The maximum atomic E-state index is 12.2. The van der Waals surface area contributed by atoms with Gasteiger partial charge in [0.2, 0.25) is 5.91 Å². The number of benzene rings is 2. The van der Waals surface area contributed by atoms with E-state index in [1.165, 1.54) is 16.7 Å². The van der Waals surface area contributed by atoms with Crippen LogP contribution in [0.3, 0.4) is 0 Å². The molecule has 24 heavy (non-hydrogen) atoms. The summed E-state index contributed by atoms with van der Waals surface area (Å²) < 4.78 is 0. The zero-order valence-electron chi connectivity index (χ0n) is 14.0. The summed E-state index contributed by atoms with van der Waals surface area (Å²) in [7, 11) is 3.34. The van der Waals surface area contributed by atoms with Crippen molar-refractivity contribution >= 4 is 23.3 Å². The average molecular weight is 327 g/mol. The lowest BCUT2D eigenvalue weighted by Gasteiger charge is -2.19. The van der Waals surface area contributed by atoms with Gasteiger partial charge in [-0.3, -0.25) is 4.79 Å². The highest BCUT2D eigenvalue weighted by atomic mass is 16.3. The summed E-state index contributed by atoms with van der Waals surface area (Å²) in [4.78, 5) is 26.6. The van der Waals surface area contributed by atoms with E-state index in [-0.39, 0.29) is 17.7 Å². The van der Waals surface area contributed by atoms with Crippen molar-refractivity contribution in [2.24, 2.45) is 0 Å². The molecule has 3 amide bonds. The fraction of sp³-hybridized carbons (Fsp3) is 0.222. The molecule has 0 saturated carbocycles. The van der Waals surface area contributed by atoms with Crippen LogP contribution in [0.5, 0.6) is 5.75 Å². The average Bonchev–Trinajstić information content (AvgIpc) is 2.56. The van der Waals surface area contributed by atoms with Gasteiger partial charge >= 0.3 is 6.03 Å². The van der Waals surface area contributed by atoms with Gasteiger partial charge in [-0.05, 0) is 30.3 Å². The number of amides is 3. The van der Waals surface area contributed by atoms with E-state index in [2.05, 4.69) is 5.32 Å². The molecule has 0 spiro atoms. The van der Waals surface area contributed by atoms with Crippen molar-refractivity contribution in [3.63, 3.8) is 0 Å². The Balaban J connectivity index is 1.99. The fourth-order valence-corrected chi connectivity index (χ4v) is 2.14. The number of carbonyl (C=O) groups is 2. The van der Waals surface area contributed by atoms with Crippen LogP contribution in [-0.4, -0.2) is 36.0 Å². The number of aromatic hydroxyl groups is 1. The molecule has 2 aromatic rings. The van der Waals surface area contributed by atoms with Crippen molar-refractivity contribution in [2.45, 2.75) is 13.5 Å². The second-order valence-electron chi connectivity index (χ2n) is 5.54. The van der Waals surface area contributed by atoms with Crippen LogP contribution < -0.4 is 10.2 Å². The van der Waals surface area contributed by atoms with Crippen LogP contribution in [0, 0.1) is 0 Å². The van der Waals surface area contributed by atoms with Crippen LogP contribution in [0.15, 0.2) is 48.5 Å². The number of hydrogen-bond donors (Lipinski definition) is 2. The van der Waals surface area contributed by atoms with Gasteiger partial charge in [0.1, 0.15) is 5.75 Å². The standard InChI is InChI=1S/C18H21N3O3/c1-13(22)21(3)16-10-8-15(9-11-16)19-18(24)20(2)12-14-6-4-5-7-17(14)23/h4-11,23H,12H2,1-3H3,(H,19,24). The second-order valence-corrected chi connectivity index (χ2v) is 5.54. The van der Waals surface area contributed by atoms with Crippen molar-refractivity contribution < 1.29 is 14.7 Å². The Morgan fingerprint density at radius 1 is 1.04 bits per heavy atom. The van der Waals surface area contributed by atoms with E-state index in [1.807, 2.05) is 6.07 Å². The minimum Gasteiger partial charge on any atom is -0.508 e. The van der Waals surface area contributed by atoms with E-state index in [4.69, 9.17) is 0 Å². The Kier molecular flexibility index (Phi) is 5.42. The molecule has 0 aromatic heterocycles. The number of para-hydroxylation sites is 1. The molecule has 0 atom stereocenters. The predicted octanol–water partition coefficient (Wildman–Crippen LogP) is 3.04. The van der Waals surface area contributed by atoms with Crippen LogP contribution in [0.2, 0.25) is 0 Å². The second kappa shape index (κ2) is 7.50. The number of rotatable bonds is 4. The SMILES string of the molecule is CC(=O)N(C)c1ccc(NC(=O)N(C)Cc2ccccc2O)cc1. The Morgan fingerprint density at radius 3 is 2.25 bits per heavy atom. The van der Waals surface area contributed by atoms with E-state index in [9.17, 15) is 14.7 Å². The first-order valence-electron chi connectivity index (χ1n) is 7.52. The number of urea groups is 1. The number of anilines is 2. The summed E-state index contributed by atoms with van der Waals surface area (Å²) in [5.74, 6) is 0.1000. The third-order valence-electron chi connectivity index (χ3n) is 3.72. The Morgan fingerprint density at radius 2 is 1.67 bits per heavy atom. The van der Waals surface area contributed by atoms with Crippen molar-refractivity contribution in [1.29, 1.82) is 0 Å². The van der Waals surface area contributed by atoms with Gasteiger partial charge in [0.15, 0.2) is 0 Å². The van der Waals surface area contributed by atoms with Gasteiger partial charge in [-0.15, -0.1) is 0 Å². The minimum absolute atomic E-state index is 0.0609. The van der Waals surface area contributed by atoms with Gasteiger partial charge in [0.25, 0.3) is 0 Å². The monoisotopic (exact) mass is 327 g/mol. The van der Waals surface area contributed by atoms with Gasteiger partial charge in [0.05, 0.1) is 6.54 Å². The van der Waals surface area contributed by atoms with Crippen LogP contribution in [-0.2, 0) is 11.3 Å². The molecule has 0 heterocycles. The molecule has 2 rings (SSSR count). The van der Waals surface area contributed by atoms with E-state index in [0.717, 1.165) is 5.69 Å². The Labute approximate surface area is 141 Å². The lowest BCUT2D eigenvalue weighted by atomic mass is 10.2. The molecule has 0 fully saturated rings. The highest BCUT2D eigenvalue weighted by molar-refractivity contribution is 5.92. The predicted molar refractivity (Wildman–Crippen MR) is 94.1 cm³/mol. The van der Waals surface area contributed by atoms with E-state index in [1.54, 1.807) is 56.6 Å². The number of phenolic OH excluding ortho intramolecular Hbond substituents is 1. The summed E-state index contributed by atoms with van der Waals surface area (Å²) in [5.41, 5.74) is 2.06. The van der Waals surface area contributed by atoms with Gasteiger partial charge in [-0.1, -0.05) is 18.2 Å². The maximum Gasteiger partial charge on any atom is 0.321 e. The molecule has 0 aliphatic rings. The van der Waals surface area contributed by atoms with E-state index in [0.29, 0.717) is 17.8 Å². The van der Waals surface area contributed by atoms with Gasteiger partial charge in [0, 0.05) is 38.0 Å². The van der Waals surface area contributed by atoms with Crippen molar-refractivity contribution in [2.75, 3.05) is 24.3 Å². The zero-order valence-corrected chi connectivity index (χ0v) is 14.0. The number of nitrogens with zero attached hydrogens (tertiary/aromatic N) is 2. The number of nitrogens with one attached hydrogen (secondary N) is 1. The number of hydrogen-bond acceptors (Lipinski definition) is 3. The molecule has 6 nitrogen and oxygen atoms in total. The summed E-state index contributed by atoms with van der Waals surface area (Å²) in [6.07, 6.45) is 0. The smallest absolute Gasteiger partial charge is 0.321 e. The highest BCUT2D eigenvalue weighted by Crippen LogP contribution is 2.19. The largest absolute Gasteiger partial charge is 0.508 e. The lowest BCUT2D eigenvalue weighted by Crippen LogP contribution is -2.30. The first-order valence-corrected chi connectivity index (χ1v) is 7.52. The molecule has 0 bridgehead atoms. The first kappa shape index (κ1) is 17.3. The normalized spacial score (nSPS) is 10.1. The first-order chi connectivity index (χ1) is 11.4. The molecular weight excluding hydrogens is 306 g/mol. The maximum absolute atomic E-state index is 12.2. The van der Waals surface area contributed by atoms with Crippen LogP contribution in [0.4, 0.5) is 16.2 Å². The quantitative estimate of drug-likeness (QED) is 0.906. The lowest BCUT2D eigenvalue weighted by molar-refractivity contribution is -0.116. The van der Waals surface area contributed by atoms with E-state index >= 15 is 0 Å². The van der Waals surface area contributed by atoms with Crippen LogP contribution >= 0.6 is 0 Å². The third kappa shape index (κ3) is 4.25. The topological polar surface area (TPSA) is 72.9 Å². The summed E-state index contributed by atoms with van der Waals surface area (Å²) in [6.45, 7) is 1.79. The Bertz CT molecular complexity index is 729. The van der Waals surface area contributed by atoms with Crippen LogP contribution in [0.1, 0.15) is 12.5 Å². The number of carbonyl (C=O) groups excluding carboxylic acids is 2. The van der Waals surface area contributed by atoms with Gasteiger partial charge in [-0.25, -0.2) is 4.79 Å². The molecule has 6 heteroatoms. The summed E-state index contributed by atoms with van der Waals surface area (Å²) in [6, 6.07) is 13.6. The van der Waals surface area contributed by atoms with Crippen LogP contribution in [0.25, 0.3) is 0 Å². The molecular formula is C18H21N3O3. The van der Waals surface area contributed by atoms with Crippen molar-refractivity contribution in [1.82, 2.24) is 4.90 Å². The fourth-order valence-electron chi connectivity index (χ4n) is 2.14. The Hall–Kier alpha value is -3.02. The van der Waals surface area contributed by atoms with Gasteiger partial charge in [-0.2, -0.15) is 0 Å². The molecule has 2 N–H and O–H groups in total. The van der Waals surface area contributed by atoms with Crippen molar-refractivity contribution in [3.05, 3.63) is 54.1 Å². The molecule has 0 aliphatic carbocycles. The molecule has 0 radical (unpaired) electrons. The molecule has 126 valence electrons. The van der Waals surface area contributed by atoms with E-state index < -0.39 is 0 Å². The molecule has 0 aliphatic heterocycles. The number of phenols is 1.